The molecule has 0 spiro atoms. The van der Waals surface area contributed by atoms with Crippen molar-refractivity contribution in [3.05, 3.63) is 23.2 Å². The second-order valence-electron chi connectivity index (χ2n) is 2.72. The van der Waals surface area contributed by atoms with Crippen LogP contribution in [0, 0.1) is 0 Å². The third-order valence-corrected chi connectivity index (χ3v) is 3.16. The maximum Gasteiger partial charge on any atom is 0.0563 e. The fourth-order valence-corrected chi connectivity index (χ4v) is 2.12. The molecule has 64 valence electrons. The van der Waals surface area contributed by atoms with E-state index in [0.29, 0.717) is 0 Å². The SMILES string of the molecule is C1CSCN1.Clc1c2cccc1-2. The van der Waals surface area contributed by atoms with E-state index in [0.717, 1.165) is 5.02 Å². The second kappa shape index (κ2) is 3.69. The van der Waals surface area contributed by atoms with Crippen LogP contribution >= 0.6 is 23.4 Å². The largest absolute Gasteiger partial charge is 0.307 e. The number of nitrogens with one attached hydrogen (secondary N) is 1. The zero-order valence-electron chi connectivity index (χ0n) is 6.64. The summed E-state index contributed by atoms with van der Waals surface area (Å²) in [5.74, 6) is 2.47. The van der Waals surface area contributed by atoms with Crippen LogP contribution < -0.4 is 5.32 Å². The highest BCUT2D eigenvalue weighted by Crippen LogP contribution is 2.47. The summed E-state index contributed by atoms with van der Waals surface area (Å²) in [4.78, 5) is 0. The van der Waals surface area contributed by atoms with Crippen molar-refractivity contribution in [2.24, 2.45) is 0 Å². The predicted octanol–water partition coefficient (Wildman–Crippen LogP) is 2.60. The first kappa shape index (κ1) is 8.42. The Hall–Kier alpha value is -0.180. The van der Waals surface area contributed by atoms with Crippen LogP contribution in [-0.4, -0.2) is 18.2 Å². The molecular formula is C9H10ClNS. The molecule has 2 aliphatic carbocycles. The Labute approximate surface area is 81.5 Å². The monoisotopic (exact) mass is 199 g/mol. The van der Waals surface area contributed by atoms with Crippen molar-refractivity contribution >= 4 is 23.4 Å². The predicted molar refractivity (Wildman–Crippen MR) is 55.8 cm³/mol. The summed E-state index contributed by atoms with van der Waals surface area (Å²) in [5.41, 5.74) is 2.48. The smallest absolute Gasteiger partial charge is 0.0563 e. The van der Waals surface area contributed by atoms with Crippen LogP contribution in [0.4, 0.5) is 0 Å². The molecular weight excluding hydrogens is 190 g/mol. The Bertz CT molecular complexity index is 256. The molecule has 1 aliphatic heterocycles. The molecule has 1 fully saturated rings. The molecule has 0 saturated carbocycles. The molecule has 3 heteroatoms. The maximum absolute atomic E-state index is 5.61. The zero-order valence-corrected chi connectivity index (χ0v) is 8.21. The van der Waals surface area contributed by atoms with Gasteiger partial charge >= 0.3 is 0 Å². The Kier molecular flexibility index (Phi) is 2.59. The fraction of sp³-hybridized carbons (Fsp3) is 0.333. The average Bonchev–Trinajstić information content (AvgIpc) is 2.69. The lowest BCUT2D eigenvalue weighted by Crippen LogP contribution is -2.04. The van der Waals surface area contributed by atoms with Crippen LogP contribution in [0.5, 0.6) is 0 Å². The van der Waals surface area contributed by atoms with Crippen molar-refractivity contribution in [1.29, 1.82) is 0 Å². The molecule has 1 N–H and O–H groups in total. The lowest BCUT2D eigenvalue weighted by Gasteiger charge is -1.74. The molecule has 12 heavy (non-hydrogen) atoms. The molecule has 3 rings (SSSR count). The van der Waals surface area contributed by atoms with Gasteiger partial charge in [0.1, 0.15) is 0 Å². The highest BCUT2D eigenvalue weighted by molar-refractivity contribution is 7.99. The van der Waals surface area contributed by atoms with Gasteiger partial charge < -0.3 is 5.32 Å². The molecule has 0 unspecified atom stereocenters. The fourth-order valence-electron chi connectivity index (χ4n) is 1.12. The molecule has 0 aromatic heterocycles. The van der Waals surface area contributed by atoms with Crippen molar-refractivity contribution in [2.45, 2.75) is 0 Å². The van der Waals surface area contributed by atoms with Gasteiger partial charge in [0.05, 0.1) is 5.02 Å². The minimum atomic E-state index is 0.961. The molecule has 0 atom stereocenters. The summed E-state index contributed by atoms with van der Waals surface area (Å²) in [7, 11) is 0. The number of hydrogen-bond donors (Lipinski definition) is 1. The van der Waals surface area contributed by atoms with E-state index in [4.69, 9.17) is 11.6 Å². The third kappa shape index (κ3) is 1.76. The molecule has 0 aromatic rings. The zero-order chi connectivity index (χ0) is 8.39. The summed E-state index contributed by atoms with van der Waals surface area (Å²) >= 11 is 7.58. The van der Waals surface area contributed by atoms with Gasteiger partial charge in [-0.2, -0.15) is 0 Å². The van der Waals surface area contributed by atoms with E-state index in [1.165, 1.54) is 29.3 Å². The van der Waals surface area contributed by atoms with E-state index in [2.05, 4.69) is 5.32 Å². The van der Waals surface area contributed by atoms with Gasteiger partial charge in [-0.25, -0.2) is 0 Å². The molecule has 0 amide bonds. The van der Waals surface area contributed by atoms with E-state index >= 15 is 0 Å². The first-order chi connectivity index (χ1) is 5.89. The van der Waals surface area contributed by atoms with E-state index < -0.39 is 0 Å². The number of benzene rings is 1. The molecule has 0 bridgehead atoms. The summed E-state index contributed by atoms with van der Waals surface area (Å²) in [6.07, 6.45) is 0. The van der Waals surface area contributed by atoms with Crippen LogP contribution in [0.1, 0.15) is 0 Å². The van der Waals surface area contributed by atoms with Crippen LogP contribution in [0.25, 0.3) is 11.1 Å². The molecule has 1 heterocycles. The van der Waals surface area contributed by atoms with Crippen LogP contribution in [-0.2, 0) is 0 Å². The Balaban J connectivity index is 0.000000100. The van der Waals surface area contributed by atoms with Gasteiger partial charge in [0, 0.05) is 29.3 Å². The number of rotatable bonds is 0. The van der Waals surface area contributed by atoms with Gasteiger partial charge in [0.25, 0.3) is 0 Å². The van der Waals surface area contributed by atoms with Crippen molar-refractivity contribution in [1.82, 2.24) is 5.32 Å². The number of halogens is 1. The molecule has 0 aromatic carbocycles. The standard InChI is InChI=1S/C6H3Cl.C3H7NS/c7-6-4-2-1-3-5(4)6;1-2-5-3-4-1/h1-3H;4H,1-3H2. The third-order valence-electron chi connectivity index (χ3n) is 1.85. The van der Waals surface area contributed by atoms with Gasteiger partial charge in [0.15, 0.2) is 0 Å². The molecule has 3 aliphatic rings. The summed E-state index contributed by atoms with van der Waals surface area (Å²) in [6, 6.07) is 6.06. The minimum absolute atomic E-state index is 0.961. The van der Waals surface area contributed by atoms with Gasteiger partial charge in [0.2, 0.25) is 0 Å². The highest BCUT2D eigenvalue weighted by Gasteiger charge is 2.19. The van der Waals surface area contributed by atoms with E-state index in [-0.39, 0.29) is 0 Å². The van der Waals surface area contributed by atoms with E-state index in [9.17, 15) is 0 Å². The van der Waals surface area contributed by atoms with Gasteiger partial charge in [-0.1, -0.05) is 29.8 Å². The molecule has 1 nitrogen and oxygen atoms in total. The van der Waals surface area contributed by atoms with E-state index in [1.54, 1.807) is 0 Å². The lowest BCUT2D eigenvalue weighted by atomic mass is 10.6. The quantitative estimate of drug-likeness (QED) is 0.700. The van der Waals surface area contributed by atoms with Crippen molar-refractivity contribution in [3.8, 4) is 11.1 Å². The van der Waals surface area contributed by atoms with Crippen molar-refractivity contribution in [3.63, 3.8) is 0 Å². The van der Waals surface area contributed by atoms with Crippen LogP contribution in [0.2, 0.25) is 5.02 Å². The van der Waals surface area contributed by atoms with Crippen LogP contribution in [0.3, 0.4) is 0 Å². The Morgan fingerprint density at radius 2 is 2.08 bits per heavy atom. The number of fused-ring (bicyclic) bond motifs is 1. The number of thioether (sulfide) groups is 1. The Morgan fingerprint density at radius 3 is 2.33 bits per heavy atom. The van der Waals surface area contributed by atoms with Gasteiger partial charge in [-0.15, -0.1) is 11.8 Å². The normalized spacial score (nSPS) is 16.8. The van der Waals surface area contributed by atoms with Gasteiger partial charge in [-0.3, -0.25) is 0 Å². The Morgan fingerprint density at radius 1 is 1.33 bits per heavy atom. The summed E-state index contributed by atoms with van der Waals surface area (Å²) in [5, 5.41) is 4.15. The summed E-state index contributed by atoms with van der Waals surface area (Å²) in [6.45, 7) is 1.21. The van der Waals surface area contributed by atoms with Crippen LogP contribution in [0.15, 0.2) is 18.2 Å². The van der Waals surface area contributed by atoms with Gasteiger partial charge in [-0.05, 0) is 0 Å². The summed E-state index contributed by atoms with van der Waals surface area (Å²) < 4.78 is 0. The topological polar surface area (TPSA) is 12.0 Å². The minimum Gasteiger partial charge on any atom is -0.307 e. The average molecular weight is 200 g/mol. The van der Waals surface area contributed by atoms with Crippen molar-refractivity contribution < 1.29 is 0 Å². The highest BCUT2D eigenvalue weighted by atomic mass is 35.5. The molecule has 1 saturated heterocycles. The lowest BCUT2D eigenvalue weighted by molar-refractivity contribution is 0.885. The first-order valence-corrected chi connectivity index (χ1v) is 5.50. The first-order valence-electron chi connectivity index (χ1n) is 3.97. The molecule has 0 radical (unpaired) electrons. The second-order valence-corrected chi connectivity index (χ2v) is 4.20. The van der Waals surface area contributed by atoms with Crippen molar-refractivity contribution in [2.75, 3.05) is 18.2 Å². The maximum atomic E-state index is 5.61. The van der Waals surface area contributed by atoms with E-state index in [1.807, 2.05) is 30.0 Å². The number of hydrogen-bond acceptors (Lipinski definition) is 2.